The molecule has 1 saturated heterocycles. The van der Waals surface area contributed by atoms with Crippen LogP contribution in [0.3, 0.4) is 0 Å². The van der Waals surface area contributed by atoms with E-state index in [0.29, 0.717) is 36.7 Å². The minimum absolute atomic E-state index is 0. The van der Waals surface area contributed by atoms with Crippen molar-refractivity contribution in [1.82, 2.24) is 5.32 Å². The van der Waals surface area contributed by atoms with Crippen LogP contribution in [0.15, 0.2) is 18.2 Å². The highest BCUT2D eigenvalue weighted by molar-refractivity contribution is 6.01. The van der Waals surface area contributed by atoms with Gasteiger partial charge in [0.2, 0.25) is 11.8 Å². The molecule has 2 rings (SSSR count). The number of nitrogens with two attached hydrogens (primary N) is 1. The summed E-state index contributed by atoms with van der Waals surface area (Å²) < 4.78 is 10.5. The fourth-order valence-electron chi connectivity index (χ4n) is 2.69. The molecule has 1 aliphatic rings. The zero-order valence-electron chi connectivity index (χ0n) is 14.8. The normalized spacial score (nSPS) is 17.7. The van der Waals surface area contributed by atoms with Crippen LogP contribution in [0.5, 0.6) is 11.5 Å². The van der Waals surface area contributed by atoms with Crippen molar-refractivity contribution >= 4 is 29.9 Å². The molecular formula is C17H26ClN3O4. The van der Waals surface area contributed by atoms with E-state index in [9.17, 15) is 9.59 Å². The molecule has 2 amide bonds. The molecule has 0 spiro atoms. The topological polar surface area (TPSA) is 93.9 Å². The van der Waals surface area contributed by atoms with Crippen LogP contribution in [0.4, 0.5) is 5.69 Å². The summed E-state index contributed by atoms with van der Waals surface area (Å²) in [5.74, 6) is 0.621. The third-order valence-electron chi connectivity index (χ3n) is 4.07. The van der Waals surface area contributed by atoms with Gasteiger partial charge in [0.05, 0.1) is 25.8 Å². The quantitative estimate of drug-likeness (QED) is 0.754. The molecule has 0 aliphatic carbocycles. The Kier molecular flexibility index (Phi) is 7.99. The van der Waals surface area contributed by atoms with Gasteiger partial charge in [0.15, 0.2) is 0 Å². The van der Waals surface area contributed by atoms with Gasteiger partial charge in [0.25, 0.3) is 0 Å². The molecule has 0 aromatic heterocycles. The molecule has 7 nitrogen and oxygen atoms in total. The number of methoxy groups -OCH3 is 2. The smallest absolute Gasteiger partial charge is 0.227 e. The highest BCUT2D eigenvalue weighted by atomic mass is 35.5. The third kappa shape index (κ3) is 5.24. The van der Waals surface area contributed by atoms with Crippen LogP contribution >= 0.6 is 12.4 Å². The van der Waals surface area contributed by atoms with E-state index in [2.05, 4.69) is 5.32 Å². The molecule has 1 aliphatic heterocycles. The maximum absolute atomic E-state index is 12.3. The van der Waals surface area contributed by atoms with Gasteiger partial charge in [-0.05, 0) is 25.5 Å². The van der Waals surface area contributed by atoms with E-state index in [0.717, 1.165) is 0 Å². The van der Waals surface area contributed by atoms with Crippen molar-refractivity contribution in [3.05, 3.63) is 18.2 Å². The molecule has 8 heteroatoms. The van der Waals surface area contributed by atoms with Crippen molar-refractivity contribution in [3.63, 3.8) is 0 Å². The van der Waals surface area contributed by atoms with Crippen LogP contribution < -0.4 is 25.4 Å². The van der Waals surface area contributed by atoms with Crippen LogP contribution in [-0.2, 0) is 9.59 Å². The van der Waals surface area contributed by atoms with Crippen LogP contribution in [-0.4, -0.2) is 45.2 Å². The van der Waals surface area contributed by atoms with Crippen molar-refractivity contribution in [2.24, 2.45) is 11.7 Å². The molecule has 2 unspecified atom stereocenters. The maximum atomic E-state index is 12.3. The first-order chi connectivity index (χ1) is 11.5. The van der Waals surface area contributed by atoms with Gasteiger partial charge < -0.3 is 25.4 Å². The lowest BCUT2D eigenvalue weighted by Gasteiger charge is -2.20. The number of hydrogen-bond donors (Lipinski definition) is 2. The van der Waals surface area contributed by atoms with Gasteiger partial charge in [0.1, 0.15) is 11.5 Å². The van der Waals surface area contributed by atoms with E-state index in [1.165, 1.54) is 7.11 Å². The van der Waals surface area contributed by atoms with E-state index < -0.39 is 0 Å². The zero-order valence-corrected chi connectivity index (χ0v) is 15.6. The van der Waals surface area contributed by atoms with Crippen molar-refractivity contribution in [2.45, 2.75) is 25.8 Å². The number of amides is 2. The molecular weight excluding hydrogens is 346 g/mol. The minimum Gasteiger partial charge on any atom is -0.497 e. The summed E-state index contributed by atoms with van der Waals surface area (Å²) in [6.45, 7) is 2.75. The summed E-state index contributed by atoms with van der Waals surface area (Å²) in [6.07, 6.45) is 0.904. The number of halogens is 1. The summed E-state index contributed by atoms with van der Waals surface area (Å²) in [7, 11) is 3.11. The highest BCUT2D eigenvalue weighted by Crippen LogP contribution is 2.35. The number of benzene rings is 1. The van der Waals surface area contributed by atoms with Gasteiger partial charge >= 0.3 is 0 Å². The fourth-order valence-corrected chi connectivity index (χ4v) is 2.69. The Hall–Kier alpha value is -1.99. The lowest BCUT2D eigenvalue weighted by molar-refractivity contribution is -0.126. The number of nitrogens with zero attached hydrogens (tertiary/aromatic N) is 1. The Morgan fingerprint density at radius 1 is 1.40 bits per heavy atom. The number of carbonyl (C=O) groups is 2. The number of ether oxygens (including phenoxy) is 2. The van der Waals surface area contributed by atoms with Crippen molar-refractivity contribution < 1.29 is 19.1 Å². The second-order valence-corrected chi connectivity index (χ2v) is 6.00. The molecule has 0 bridgehead atoms. The standard InChI is InChI=1S/C17H25N3O4.ClH/c1-11(18)6-7-19-17(22)12-8-16(21)20(10-12)14-5-4-13(23-2)9-15(14)24-3;/h4-5,9,11-12H,6-8,10,18H2,1-3H3,(H,19,22);1H. The summed E-state index contributed by atoms with van der Waals surface area (Å²) in [6, 6.07) is 5.29. The number of hydrogen-bond acceptors (Lipinski definition) is 5. The van der Waals surface area contributed by atoms with Gasteiger partial charge in [-0.1, -0.05) is 0 Å². The molecule has 0 saturated carbocycles. The fraction of sp³-hybridized carbons (Fsp3) is 0.529. The Morgan fingerprint density at radius 2 is 2.12 bits per heavy atom. The van der Waals surface area contributed by atoms with Gasteiger partial charge in [-0.25, -0.2) is 0 Å². The van der Waals surface area contributed by atoms with Crippen LogP contribution in [0.1, 0.15) is 19.8 Å². The predicted octanol–water partition coefficient (Wildman–Crippen LogP) is 1.33. The van der Waals surface area contributed by atoms with Crippen LogP contribution in [0.2, 0.25) is 0 Å². The largest absolute Gasteiger partial charge is 0.497 e. The lowest BCUT2D eigenvalue weighted by Crippen LogP contribution is -2.35. The monoisotopic (exact) mass is 371 g/mol. The van der Waals surface area contributed by atoms with Crippen molar-refractivity contribution in [3.8, 4) is 11.5 Å². The molecule has 25 heavy (non-hydrogen) atoms. The van der Waals surface area contributed by atoms with E-state index in [1.54, 1.807) is 30.2 Å². The molecule has 1 fully saturated rings. The molecule has 1 aromatic rings. The van der Waals surface area contributed by atoms with E-state index in [1.807, 2.05) is 6.92 Å². The number of carbonyl (C=O) groups excluding carboxylic acids is 2. The maximum Gasteiger partial charge on any atom is 0.227 e. The first kappa shape index (κ1) is 21.1. The Bertz CT molecular complexity index is 610. The predicted molar refractivity (Wildman–Crippen MR) is 98.5 cm³/mol. The van der Waals surface area contributed by atoms with Gasteiger partial charge in [0, 0.05) is 31.6 Å². The average Bonchev–Trinajstić information content (AvgIpc) is 2.95. The summed E-state index contributed by atoms with van der Waals surface area (Å²) >= 11 is 0. The third-order valence-corrected chi connectivity index (χ3v) is 4.07. The van der Waals surface area contributed by atoms with Gasteiger partial charge in [-0.3, -0.25) is 9.59 Å². The Morgan fingerprint density at radius 3 is 2.72 bits per heavy atom. The summed E-state index contributed by atoms with van der Waals surface area (Å²) in [5, 5.41) is 2.85. The first-order valence-electron chi connectivity index (χ1n) is 8.02. The highest BCUT2D eigenvalue weighted by Gasteiger charge is 2.36. The van der Waals surface area contributed by atoms with Gasteiger partial charge in [-0.15, -0.1) is 12.4 Å². The molecule has 1 aromatic carbocycles. The number of rotatable bonds is 7. The van der Waals surface area contributed by atoms with Crippen molar-refractivity contribution in [2.75, 3.05) is 32.2 Å². The van der Waals surface area contributed by atoms with Crippen LogP contribution in [0, 0.1) is 5.92 Å². The Balaban J connectivity index is 0.00000312. The first-order valence-corrected chi connectivity index (χ1v) is 8.02. The average molecular weight is 372 g/mol. The summed E-state index contributed by atoms with van der Waals surface area (Å²) in [4.78, 5) is 26.1. The molecule has 140 valence electrons. The Labute approximate surface area is 154 Å². The number of anilines is 1. The summed E-state index contributed by atoms with van der Waals surface area (Å²) in [5.41, 5.74) is 6.32. The molecule has 1 heterocycles. The minimum atomic E-state index is -0.364. The lowest BCUT2D eigenvalue weighted by atomic mass is 10.1. The van der Waals surface area contributed by atoms with E-state index in [4.69, 9.17) is 15.2 Å². The number of nitrogens with one attached hydrogen (secondary N) is 1. The zero-order chi connectivity index (χ0) is 17.7. The SMILES string of the molecule is COc1ccc(N2CC(C(=O)NCCC(C)N)CC2=O)c(OC)c1.Cl. The molecule has 0 radical (unpaired) electrons. The van der Waals surface area contributed by atoms with E-state index >= 15 is 0 Å². The second kappa shape index (κ2) is 9.48. The van der Waals surface area contributed by atoms with Crippen LogP contribution in [0.25, 0.3) is 0 Å². The second-order valence-electron chi connectivity index (χ2n) is 6.00. The van der Waals surface area contributed by atoms with Crippen molar-refractivity contribution in [1.29, 1.82) is 0 Å². The molecule has 2 atom stereocenters. The van der Waals surface area contributed by atoms with E-state index in [-0.39, 0.29) is 42.6 Å². The van der Waals surface area contributed by atoms with Gasteiger partial charge in [-0.2, -0.15) is 0 Å². The molecule has 3 N–H and O–H groups in total.